The molecule has 22 heavy (non-hydrogen) atoms. The largest absolute Gasteiger partial charge is 0.463 e. The number of ketones is 1. The number of esters is 3. The Bertz CT molecular complexity index is 409. The summed E-state index contributed by atoms with van der Waals surface area (Å²) in [5.74, 6) is -3.04. The number of carbonyl (C=O) groups excluding carboxylic acids is 4. The van der Waals surface area contributed by atoms with E-state index in [9.17, 15) is 24.3 Å². The van der Waals surface area contributed by atoms with Gasteiger partial charge in [0.05, 0.1) is 18.9 Å². The molecule has 0 aliphatic carbocycles. The molecule has 124 valence electrons. The van der Waals surface area contributed by atoms with E-state index in [4.69, 9.17) is 9.47 Å². The van der Waals surface area contributed by atoms with Crippen molar-refractivity contribution in [1.29, 1.82) is 0 Å². The van der Waals surface area contributed by atoms with E-state index >= 15 is 0 Å². The summed E-state index contributed by atoms with van der Waals surface area (Å²) in [6.45, 7) is 1.92. The van der Waals surface area contributed by atoms with E-state index in [0.29, 0.717) is 6.32 Å². The van der Waals surface area contributed by atoms with Crippen molar-refractivity contribution < 1.29 is 38.5 Å². The normalized spacial score (nSPS) is 12.9. The Hall–Kier alpha value is -1.90. The van der Waals surface area contributed by atoms with E-state index < -0.39 is 43.0 Å². The van der Waals surface area contributed by atoms with Crippen molar-refractivity contribution in [2.45, 2.75) is 45.2 Å². The molecule has 2 atom stereocenters. The van der Waals surface area contributed by atoms with E-state index in [1.807, 2.05) is 7.85 Å². The van der Waals surface area contributed by atoms with Gasteiger partial charge in [-0.15, -0.1) is 0 Å². The van der Waals surface area contributed by atoms with Gasteiger partial charge in [0.1, 0.15) is 27.2 Å². The van der Waals surface area contributed by atoms with Gasteiger partial charge < -0.3 is 19.3 Å². The molecule has 0 bridgehead atoms. The SMILES string of the molecule is BCC(C)OC(=O)CCC(=O)OCC(O)COC(=O)C(C)=O. The zero-order valence-corrected chi connectivity index (χ0v) is 13.0. The Labute approximate surface area is 129 Å². The van der Waals surface area contributed by atoms with Gasteiger partial charge in [0.25, 0.3) is 0 Å². The maximum absolute atomic E-state index is 11.4. The number of Topliss-reactive ketones (excluding diaryl/α,β-unsaturated/α-hetero) is 1. The number of ether oxygens (including phenoxy) is 3. The van der Waals surface area contributed by atoms with E-state index in [-0.39, 0.29) is 18.9 Å². The molecule has 9 heteroatoms. The van der Waals surface area contributed by atoms with Crippen LogP contribution in [0.5, 0.6) is 0 Å². The summed E-state index contributed by atoms with van der Waals surface area (Å²) >= 11 is 0. The highest BCUT2D eigenvalue weighted by atomic mass is 16.6. The molecule has 0 aromatic carbocycles. The van der Waals surface area contributed by atoms with Gasteiger partial charge in [-0.2, -0.15) is 0 Å². The van der Waals surface area contributed by atoms with Crippen LogP contribution in [-0.2, 0) is 33.4 Å². The van der Waals surface area contributed by atoms with Gasteiger partial charge in [-0.25, -0.2) is 4.79 Å². The van der Waals surface area contributed by atoms with Gasteiger partial charge in [0.2, 0.25) is 5.78 Å². The first kappa shape index (κ1) is 20.1. The second-order valence-electron chi connectivity index (χ2n) is 4.70. The van der Waals surface area contributed by atoms with Gasteiger partial charge in [0.15, 0.2) is 0 Å². The zero-order chi connectivity index (χ0) is 17.1. The van der Waals surface area contributed by atoms with Crippen LogP contribution in [0.25, 0.3) is 0 Å². The van der Waals surface area contributed by atoms with Crippen LogP contribution < -0.4 is 0 Å². The highest BCUT2D eigenvalue weighted by molar-refractivity contribution is 6.32. The summed E-state index contributed by atoms with van der Waals surface area (Å²) in [7, 11) is 1.87. The maximum atomic E-state index is 11.4. The lowest BCUT2D eigenvalue weighted by molar-refractivity contribution is -0.158. The average Bonchev–Trinajstić information content (AvgIpc) is 2.47. The van der Waals surface area contributed by atoms with Crippen molar-refractivity contribution in [3.05, 3.63) is 0 Å². The monoisotopic (exact) mass is 316 g/mol. The number of aliphatic hydroxyl groups excluding tert-OH is 1. The quantitative estimate of drug-likeness (QED) is 0.231. The molecule has 8 nitrogen and oxygen atoms in total. The Morgan fingerprint density at radius 1 is 1.05 bits per heavy atom. The smallest absolute Gasteiger partial charge is 0.374 e. The molecular weight excluding hydrogens is 295 g/mol. The van der Waals surface area contributed by atoms with Crippen LogP contribution in [0, 0.1) is 0 Å². The Morgan fingerprint density at radius 3 is 2.14 bits per heavy atom. The molecular formula is C13H21BO8. The molecule has 2 unspecified atom stereocenters. The number of hydrogen-bond donors (Lipinski definition) is 1. The van der Waals surface area contributed by atoms with E-state index in [1.165, 1.54) is 0 Å². The summed E-state index contributed by atoms with van der Waals surface area (Å²) in [5.41, 5.74) is 0. The van der Waals surface area contributed by atoms with Crippen molar-refractivity contribution in [1.82, 2.24) is 0 Å². The van der Waals surface area contributed by atoms with Crippen LogP contribution in [-0.4, -0.2) is 62.1 Å². The average molecular weight is 316 g/mol. The highest BCUT2D eigenvalue weighted by Gasteiger charge is 2.15. The summed E-state index contributed by atoms with van der Waals surface area (Å²) in [4.78, 5) is 44.1. The first-order valence-electron chi connectivity index (χ1n) is 6.97. The predicted molar refractivity (Wildman–Crippen MR) is 76.7 cm³/mol. The summed E-state index contributed by atoms with van der Waals surface area (Å²) < 4.78 is 14.1. The van der Waals surface area contributed by atoms with Gasteiger partial charge in [-0.3, -0.25) is 14.4 Å². The summed E-state index contributed by atoms with van der Waals surface area (Å²) in [6.07, 6.45) is -1.05. The van der Waals surface area contributed by atoms with Crippen molar-refractivity contribution in [2.24, 2.45) is 0 Å². The molecule has 0 spiro atoms. The van der Waals surface area contributed by atoms with E-state index in [0.717, 1.165) is 6.92 Å². The summed E-state index contributed by atoms with van der Waals surface area (Å²) in [5, 5.41) is 9.40. The molecule has 0 saturated carbocycles. The number of carbonyl (C=O) groups is 4. The van der Waals surface area contributed by atoms with Crippen molar-refractivity contribution in [2.75, 3.05) is 13.2 Å². The maximum Gasteiger partial charge on any atom is 0.374 e. The van der Waals surface area contributed by atoms with Crippen LogP contribution in [0.4, 0.5) is 0 Å². The van der Waals surface area contributed by atoms with Crippen molar-refractivity contribution >= 4 is 31.5 Å². The van der Waals surface area contributed by atoms with Gasteiger partial charge in [0, 0.05) is 6.92 Å². The Morgan fingerprint density at radius 2 is 1.59 bits per heavy atom. The standard InChI is InChI=1S/C13H21BO8/c1-8(5-14)22-12(18)4-3-11(17)20-6-10(16)7-21-13(19)9(2)15/h8,10,16H,3-7,14H2,1-2H3. The van der Waals surface area contributed by atoms with Crippen molar-refractivity contribution in [3.8, 4) is 0 Å². The van der Waals surface area contributed by atoms with Crippen LogP contribution in [0.3, 0.4) is 0 Å². The van der Waals surface area contributed by atoms with Crippen LogP contribution in [0.2, 0.25) is 6.32 Å². The highest BCUT2D eigenvalue weighted by Crippen LogP contribution is 2.02. The lowest BCUT2D eigenvalue weighted by Gasteiger charge is -2.12. The lowest BCUT2D eigenvalue weighted by Crippen LogP contribution is -2.27. The number of rotatable bonds is 10. The van der Waals surface area contributed by atoms with Crippen LogP contribution in [0.15, 0.2) is 0 Å². The topological polar surface area (TPSA) is 116 Å². The fourth-order valence-corrected chi connectivity index (χ4v) is 1.15. The third-order valence-corrected chi connectivity index (χ3v) is 2.57. The van der Waals surface area contributed by atoms with Crippen molar-refractivity contribution in [3.63, 3.8) is 0 Å². The van der Waals surface area contributed by atoms with Gasteiger partial charge >= 0.3 is 17.9 Å². The third-order valence-electron chi connectivity index (χ3n) is 2.57. The first-order valence-corrected chi connectivity index (χ1v) is 6.97. The molecule has 1 N–H and O–H groups in total. The van der Waals surface area contributed by atoms with E-state index in [2.05, 4.69) is 4.74 Å². The van der Waals surface area contributed by atoms with Gasteiger partial charge in [-0.1, -0.05) is 0 Å². The number of aliphatic hydroxyl groups is 1. The Balaban J connectivity index is 3.82. The van der Waals surface area contributed by atoms with Gasteiger partial charge in [-0.05, 0) is 13.2 Å². The van der Waals surface area contributed by atoms with Crippen LogP contribution in [0.1, 0.15) is 26.7 Å². The first-order chi connectivity index (χ1) is 10.3. The molecule has 0 fully saturated rings. The second kappa shape index (κ2) is 10.8. The zero-order valence-electron chi connectivity index (χ0n) is 13.0. The molecule has 0 amide bonds. The number of hydrogen-bond acceptors (Lipinski definition) is 8. The van der Waals surface area contributed by atoms with Crippen LogP contribution >= 0.6 is 0 Å². The minimum atomic E-state index is -1.24. The molecule has 0 radical (unpaired) electrons. The minimum absolute atomic E-state index is 0.113. The third kappa shape index (κ3) is 9.92. The fraction of sp³-hybridized carbons (Fsp3) is 0.692. The Kier molecular flexibility index (Phi) is 9.85. The fourth-order valence-electron chi connectivity index (χ4n) is 1.15. The minimum Gasteiger partial charge on any atom is -0.463 e. The predicted octanol–water partition coefficient (Wildman–Crippen LogP) is -1.21. The molecule has 0 aliphatic rings. The molecule has 0 saturated heterocycles. The molecule has 0 aromatic rings. The summed E-state index contributed by atoms with van der Waals surface area (Å²) in [6, 6.07) is 0. The molecule has 0 aromatic heterocycles. The lowest BCUT2D eigenvalue weighted by atomic mass is 10.0. The molecule has 0 aliphatic heterocycles. The second-order valence-corrected chi connectivity index (χ2v) is 4.70. The molecule has 0 rings (SSSR count). The van der Waals surface area contributed by atoms with E-state index in [1.54, 1.807) is 6.92 Å². The molecule has 0 heterocycles.